The smallest absolute Gasteiger partial charge is 0.387 e. The van der Waals surface area contributed by atoms with E-state index in [1.165, 1.54) is 12.1 Å². The zero-order valence-corrected chi connectivity index (χ0v) is 10.8. The summed E-state index contributed by atoms with van der Waals surface area (Å²) in [4.78, 5) is 11.4. The average molecular weight is 272 g/mol. The van der Waals surface area contributed by atoms with Gasteiger partial charge in [0.2, 0.25) is 5.91 Å². The minimum atomic E-state index is -2.82. The summed E-state index contributed by atoms with van der Waals surface area (Å²) in [5, 5.41) is 5.69. The third-order valence-electron chi connectivity index (χ3n) is 2.49. The molecule has 0 aliphatic carbocycles. The maximum Gasteiger partial charge on any atom is 0.387 e. The van der Waals surface area contributed by atoms with Crippen LogP contribution in [0.5, 0.6) is 5.75 Å². The van der Waals surface area contributed by atoms with Crippen LogP contribution in [-0.4, -0.2) is 32.7 Å². The van der Waals surface area contributed by atoms with Crippen LogP contribution >= 0.6 is 0 Å². The van der Waals surface area contributed by atoms with Gasteiger partial charge in [0, 0.05) is 19.5 Å². The Kier molecular flexibility index (Phi) is 6.81. The molecule has 1 amide bonds. The average Bonchev–Trinajstić information content (AvgIpc) is 2.37. The number of carbonyl (C=O) groups excluding carboxylic acids is 1. The van der Waals surface area contributed by atoms with Gasteiger partial charge >= 0.3 is 6.61 Å². The standard InChI is InChI=1S/C13H18F2N2O2/c1-16-8-9-17-12(18)7-4-10-2-5-11(6-3-10)19-13(14)15/h2-3,5-6,13,16H,4,7-9H2,1H3,(H,17,18). The van der Waals surface area contributed by atoms with Crippen LogP contribution in [0.2, 0.25) is 0 Å². The first-order valence-corrected chi connectivity index (χ1v) is 6.07. The maximum absolute atomic E-state index is 11.9. The lowest BCUT2D eigenvalue weighted by molar-refractivity contribution is -0.121. The molecule has 1 aromatic rings. The molecule has 0 saturated heterocycles. The van der Waals surface area contributed by atoms with E-state index in [1.807, 2.05) is 7.05 Å². The van der Waals surface area contributed by atoms with Gasteiger partial charge < -0.3 is 15.4 Å². The number of carbonyl (C=O) groups is 1. The Morgan fingerprint density at radius 3 is 2.53 bits per heavy atom. The summed E-state index contributed by atoms with van der Waals surface area (Å²) in [6, 6.07) is 6.30. The van der Waals surface area contributed by atoms with Crippen LogP contribution in [-0.2, 0) is 11.2 Å². The van der Waals surface area contributed by atoms with Crippen LogP contribution in [0.25, 0.3) is 0 Å². The summed E-state index contributed by atoms with van der Waals surface area (Å²) in [5.74, 6) is 0.0976. The van der Waals surface area contributed by atoms with Gasteiger partial charge in [0.05, 0.1) is 0 Å². The fourth-order valence-electron chi connectivity index (χ4n) is 1.51. The normalized spacial score (nSPS) is 10.5. The van der Waals surface area contributed by atoms with Crippen molar-refractivity contribution in [2.75, 3.05) is 20.1 Å². The molecule has 0 bridgehead atoms. The first-order chi connectivity index (χ1) is 9.11. The molecular weight excluding hydrogens is 254 g/mol. The predicted octanol–water partition coefficient (Wildman–Crippen LogP) is 1.56. The molecule has 106 valence electrons. The Bertz CT molecular complexity index is 383. The Labute approximate surface area is 111 Å². The third-order valence-corrected chi connectivity index (χ3v) is 2.49. The van der Waals surface area contributed by atoms with Gasteiger partial charge in [-0.2, -0.15) is 8.78 Å². The summed E-state index contributed by atoms with van der Waals surface area (Å²) in [6.07, 6.45) is 0.944. The molecule has 0 heterocycles. The highest BCUT2D eigenvalue weighted by atomic mass is 19.3. The van der Waals surface area contributed by atoms with Gasteiger partial charge in [0.15, 0.2) is 0 Å². The largest absolute Gasteiger partial charge is 0.435 e. The third kappa shape index (κ3) is 6.71. The first kappa shape index (κ1) is 15.4. The van der Waals surface area contributed by atoms with Crippen LogP contribution < -0.4 is 15.4 Å². The number of ether oxygens (including phenoxy) is 1. The minimum absolute atomic E-state index is 0.0249. The molecule has 1 rings (SSSR count). The summed E-state index contributed by atoms with van der Waals surface area (Å²) >= 11 is 0. The summed E-state index contributed by atoms with van der Waals surface area (Å²) in [5.41, 5.74) is 0.908. The molecule has 0 aliphatic heterocycles. The van der Waals surface area contributed by atoms with E-state index in [0.717, 1.165) is 12.1 Å². The molecule has 0 saturated carbocycles. The van der Waals surface area contributed by atoms with Crippen LogP contribution in [0.3, 0.4) is 0 Å². The van der Waals surface area contributed by atoms with Crippen molar-refractivity contribution < 1.29 is 18.3 Å². The van der Waals surface area contributed by atoms with Gasteiger partial charge in [0.25, 0.3) is 0 Å². The lowest BCUT2D eigenvalue weighted by Crippen LogP contribution is -2.30. The number of halogens is 2. The van der Waals surface area contributed by atoms with Crippen molar-refractivity contribution >= 4 is 5.91 Å². The van der Waals surface area contributed by atoms with Gasteiger partial charge in [-0.25, -0.2) is 0 Å². The first-order valence-electron chi connectivity index (χ1n) is 6.07. The second-order valence-electron chi connectivity index (χ2n) is 3.98. The second kappa shape index (κ2) is 8.42. The van der Waals surface area contributed by atoms with Crippen molar-refractivity contribution in [3.63, 3.8) is 0 Å². The summed E-state index contributed by atoms with van der Waals surface area (Å²) in [6.45, 7) is -1.49. The molecule has 0 spiro atoms. The summed E-state index contributed by atoms with van der Waals surface area (Å²) in [7, 11) is 1.81. The Balaban J connectivity index is 2.31. The number of benzene rings is 1. The molecule has 0 aromatic heterocycles. The Hall–Kier alpha value is -1.69. The zero-order chi connectivity index (χ0) is 14.1. The van der Waals surface area contributed by atoms with Crippen molar-refractivity contribution in [2.45, 2.75) is 19.5 Å². The lowest BCUT2D eigenvalue weighted by atomic mass is 10.1. The van der Waals surface area contributed by atoms with E-state index < -0.39 is 6.61 Å². The van der Waals surface area contributed by atoms with E-state index in [1.54, 1.807) is 12.1 Å². The quantitative estimate of drug-likeness (QED) is 0.706. The number of nitrogens with one attached hydrogen (secondary N) is 2. The molecule has 0 fully saturated rings. The van der Waals surface area contributed by atoms with Crippen LogP contribution in [0.4, 0.5) is 8.78 Å². The fourth-order valence-corrected chi connectivity index (χ4v) is 1.51. The highest BCUT2D eigenvalue weighted by Gasteiger charge is 2.05. The van der Waals surface area contributed by atoms with Gasteiger partial charge in [-0.15, -0.1) is 0 Å². The van der Waals surface area contributed by atoms with E-state index >= 15 is 0 Å². The number of rotatable bonds is 8. The number of aryl methyl sites for hydroxylation is 1. The zero-order valence-electron chi connectivity index (χ0n) is 10.8. The molecule has 2 N–H and O–H groups in total. The molecular formula is C13H18F2N2O2. The van der Waals surface area contributed by atoms with Crippen molar-refractivity contribution in [3.05, 3.63) is 29.8 Å². The molecule has 19 heavy (non-hydrogen) atoms. The van der Waals surface area contributed by atoms with Crippen LogP contribution in [0.1, 0.15) is 12.0 Å². The van der Waals surface area contributed by atoms with Gasteiger partial charge in [-0.3, -0.25) is 4.79 Å². The van der Waals surface area contributed by atoms with Gasteiger partial charge in [-0.05, 0) is 31.2 Å². The van der Waals surface area contributed by atoms with E-state index in [2.05, 4.69) is 15.4 Å². The molecule has 6 heteroatoms. The van der Waals surface area contributed by atoms with Crippen LogP contribution in [0.15, 0.2) is 24.3 Å². The van der Waals surface area contributed by atoms with E-state index in [9.17, 15) is 13.6 Å². The molecule has 4 nitrogen and oxygen atoms in total. The molecule has 1 aromatic carbocycles. The minimum Gasteiger partial charge on any atom is -0.435 e. The Morgan fingerprint density at radius 2 is 1.95 bits per heavy atom. The van der Waals surface area contributed by atoms with Crippen molar-refractivity contribution in [1.29, 1.82) is 0 Å². The molecule has 0 atom stereocenters. The summed E-state index contributed by atoms with van der Waals surface area (Å²) < 4.78 is 28.1. The van der Waals surface area contributed by atoms with Gasteiger partial charge in [0.1, 0.15) is 5.75 Å². The predicted molar refractivity (Wildman–Crippen MR) is 68.3 cm³/mol. The van der Waals surface area contributed by atoms with E-state index in [0.29, 0.717) is 19.4 Å². The molecule has 0 aliphatic rings. The monoisotopic (exact) mass is 272 g/mol. The van der Waals surface area contributed by atoms with E-state index in [4.69, 9.17) is 0 Å². The highest BCUT2D eigenvalue weighted by Crippen LogP contribution is 2.15. The SMILES string of the molecule is CNCCNC(=O)CCc1ccc(OC(F)F)cc1. The van der Waals surface area contributed by atoms with Crippen molar-refractivity contribution in [3.8, 4) is 5.75 Å². The van der Waals surface area contributed by atoms with Crippen LogP contribution in [0, 0.1) is 0 Å². The highest BCUT2D eigenvalue weighted by molar-refractivity contribution is 5.76. The van der Waals surface area contributed by atoms with Crippen molar-refractivity contribution in [2.24, 2.45) is 0 Å². The molecule has 0 radical (unpaired) electrons. The number of hydrogen-bond donors (Lipinski definition) is 2. The number of likely N-dealkylation sites (N-methyl/N-ethyl adjacent to an activating group) is 1. The topological polar surface area (TPSA) is 50.4 Å². The lowest BCUT2D eigenvalue weighted by Gasteiger charge is -2.06. The second-order valence-corrected chi connectivity index (χ2v) is 3.98. The maximum atomic E-state index is 11.9. The van der Waals surface area contributed by atoms with E-state index in [-0.39, 0.29) is 11.7 Å². The number of amides is 1. The number of alkyl halides is 2. The molecule has 0 unspecified atom stereocenters. The Morgan fingerprint density at radius 1 is 1.26 bits per heavy atom. The number of hydrogen-bond acceptors (Lipinski definition) is 3. The van der Waals surface area contributed by atoms with Crippen molar-refractivity contribution in [1.82, 2.24) is 10.6 Å². The fraction of sp³-hybridized carbons (Fsp3) is 0.462. The van der Waals surface area contributed by atoms with Gasteiger partial charge in [-0.1, -0.05) is 12.1 Å².